The Kier molecular flexibility index (Phi) is 4.69. The molecule has 2 rings (SSSR count). The van der Waals surface area contributed by atoms with Crippen molar-refractivity contribution < 1.29 is 13.9 Å². The number of benzene rings is 1. The van der Waals surface area contributed by atoms with Crippen molar-refractivity contribution in [3.8, 4) is 0 Å². The van der Waals surface area contributed by atoms with Crippen molar-refractivity contribution in [3.63, 3.8) is 0 Å². The third-order valence-corrected chi connectivity index (χ3v) is 4.21. The molecule has 0 radical (unpaired) electrons. The normalized spacial score (nSPS) is 17.8. The van der Waals surface area contributed by atoms with Crippen molar-refractivity contribution in [3.05, 3.63) is 30.1 Å². The summed E-state index contributed by atoms with van der Waals surface area (Å²) < 4.78 is 18.4. The molecule has 0 unspecified atom stereocenters. The van der Waals surface area contributed by atoms with Crippen LogP contribution in [0.3, 0.4) is 0 Å². The summed E-state index contributed by atoms with van der Waals surface area (Å²) in [5.74, 6) is 1.26. The van der Waals surface area contributed by atoms with Crippen molar-refractivity contribution in [1.82, 2.24) is 0 Å². The summed E-state index contributed by atoms with van der Waals surface area (Å²) >= 11 is 1.82. The number of rotatable bonds is 4. The number of hydrogen-bond donors (Lipinski definition) is 1. The van der Waals surface area contributed by atoms with E-state index in [0.29, 0.717) is 25.1 Å². The van der Waals surface area contributed by atoms with Crippen LogP contribution in [0.25, 0.3) is 0 Å². The average molecular weight is 283 g/mol. The molecule has 1 heterocycles. The van der Waals surface area contributed by atoms with Crippen molar-refractivity contribution in [2.75, 3.05) is 23.4 Å². The number of anilines is 1. The van der Waals surface area contributed by atoms with Crippen LogP contribution in [-0.2, 0) is 9.53 Å². The first-order valence-corrected chi connectivity index (χ1v) is 7.60. The zero-order valence-electron chi connectivity index (χ0n) is 10.9. The summed E-state index contributed by atoms with van der Waals surface area (Å²) in [6.45, 7) is 2.16. The van der Waals surface area contributed by atoms with Crippen LogP contribution >= 0.6 is 11.8 Å². The van der Waals surface area contributed by atoms with Crippen LogP contribution in [0.4, 0.5) is 10.1 Å². The van der Waals surface area contributed by atoms with Crippen LogP contribution in [-0.4, -0.2) is 29.6 Å². The fourth-order valence-corrected chi connectivity index (χ4v) is 3.40. The molecule has 1 aromatic carbocycles. The number of nitrogens with one attached hydrogen (secondary N) is 1. The number of halogens is 1. The molecule has 1 aliphatic heterocycles. The highest BCUT2D eigenvalue weighted by atomic mass is 32.2. The molecular weight excluding hydrogens is 265 g/mol. The van der Waals surface area contributed by atoms with E-state index >= 15 is 0 Å². The highest BCUT2D eigenvalue weighted by Crippen LogP contribution is 2.32. The summed E-state index contributed by atoms with van der Waals surface area (Å²) in [6.07, 6.45) is 1.40. The van der Waals surface area contributed by atoms with Crippen LogP contribution in [0.5, 0.6) is 0 Å². The third-order valence-electron chi connectivity index (χ3n) is 3.22. The lowest BCUT2D eigenvalue weighted by atomic mass is 9.91. The van der Waals surface area contributed by atoms with Gasteiger partial charge in [0.05, 0.1) is 6.61 Å². The Morgan fingerprint density at radius 2 is 2.21 bits per heavy atom. The van der Waals surface area contributed by atoms with E-state index in [4.69, 9.17) is 4.74 Å². The van der Waals surface area contributed by atoms with Gasteiger partial charge in [0.2, 0.25) is 0 Å². The molecule has 1 aromatic rings. The quantitative estimate of drug-likeness (QED) is 0.862. The van der Waals surface area contributed by atoms with E-state index in [1.54, 1.807) is 19.1 Å². The molecule has 1 saturated heterocycles. The molecule has 0 atom stereocenters. The number of hydrogen-bond acceptors (Lipinski definition) is 4. The molecule has 0 spiro atoms. The van der Waals surface area contributed by atoms with Gasteiger partial charge in [0.1, 0.15) is 11.4 Å². The van der Waals surface area contributed by atoms with E-state index in [2.05, 4.69) is 5.32 Å². The van der Waals surface area contributed by atoms with Crippen molar-refractivity contribution in [2.24, 2.45) is 0 Å². The number of thioether (sulfide) groups is 1. The number of ether oxygens (including phenoxy) is 1. The molecular formula is C14H18FNO2S. The van der Waals surface area contributed by atoms with Crippen LogP contribution in [0.2, 0.25) is 0 Å². The third kappa shape index (κ3) is 3.41. The highest BCUT2D eigenvalue weighted by molar-refractivity contribution is 7.99. The largest absolute Gasteiger partial charge is 0.464 e. The first-order chi connectivity index (χ1) is 9.16. The minimum atomic E-state index is -0.713. The van der Waals surface area contributed by atoms with Gasteiger partial charge in [-0.2, -0.15) is 11.8 Å². The second-order valence-electron chi connectivity index (χ2n) is 4.55. The van der Waals surface area contributed by atoms with E-state index < -0.39 is 5.54 Å². The van der Waals surface area contributed by atoms with E-state index in [9.17, 15) is 9.18 Å². The van der Waals surface area contributed by atoms with Crippen LogP contribution in [0.15, 0.2) is 24.3 Å². The first-order valence-electron chi connectivity index (χ1n) is 6.45. The zero-order chi connectivity index (χ0) is 13.7. The van der Waals surface area contributed by atoms with Gasteiger partial charge in [0.15, 0.2) is 0 Å². The smallest absolute Gasteiger partial charge is 0.331 e. The first kappa shape index (κ1) is 14.2. The van der Waals surface area contributed by atoms with Gasteiger partial charge in [0, 0.05) is 5.69 Å². The predicted molar refractivity (Wildman–Crippen MR) is 75.9 cm³/mol. The van der Waals surface area contributed by atoms with Gasteiger partial charge >= 0.3 is 5.97 Å². The van der Waals surface area contributed by atoms with Crippen molar-refractivity contribution in [2.45, 2.75) is 25.3 Å². The lowest BCUT2D eigenvalue weighted by molar-refractivity contribution is -0.148. The minimum absolute atomic E-state index is 0.237. The maximum absolute atomic E-state index is 13.2. The van der Waals surface area contributed by atoms with Crippen LogP contribution < -0.4 is 5.32 Å². The molecule has 1 aliphatic rings. The van der Waals surface area contributed by atoms with Gasteiger partial charge in [-0.1, -0.05) is 6.07 Å². The highest BCUT2D eigenvalue weighted by Gasteiger charge is 2.41. The Hall–Kier alpha value is -1.23. The second-order valence-corrected chi connectivity index (χ2v) is 5.78. The van der Waals surface area contributed by atoms with Gasteiger partial charge in [0.25, 0.3) is 0 Å². The molecule has 1 N–H and O–H groups in total. The number of carbonyl (C=O) groups is 1. The molecule has 0 aliphatic carbocycles. The lowest BCUT2D eigenvalue weighted by Crippen LogP contribution is -2.50. The van der Waals surface area contributed by atoms with Crippen molar-refractivity contribution >= 4 is 23.4 Å². The topological polar surface area (TPSA) is 38.3 Å². The molecule has 3 nitrogen and oxygen atoms in total. The summed E-state index contributed by atoms with van der Waals surface area (Å²) in [4.78, 5) is 12.2. The summed E-state index contributed by atoms with van der Waals surface area (Å²) in [5, 5.41) is 3.19. The Morgan fingerprint density at radius 1 is 1.47 bits per heavy atom. The fourth-order valence-electron chi connectivity index (χ4n) is 2.21. The Balaban J connectivity index is 2.20. The monoisotopic (exact) mass is 283 g/mol. The van der Waals surface area contributed by atoms with Gasteiger partial charge < -0.3 is 10.1 Å². The molecule has 5 heteroatoms. The molecule has 19 heavy (non-hydrogen) atoms. The van der Waals surface area contributed by atoms with E-state index in [1.165, 1.54) is 12.1 Å². The van der Waals surface area contributed by atoms with Gasteiger partial charge in [-0.15, -0.1) is 0 Å². The summed E-state index contributed by atoms with van der Waals surface area (Å²) in [6, 6.07) is 6.20. The summed E-state index contributed by atoms with van der Waals surface area (Å²) in [7, 11) is 0. The zero-order valence-corrected chi connectivity index (χ0v) is 11.8. The molecule has 1 fully saturated rings. The minimum Gasteiger partial charge on any atom is -0.464 e. The maximum Gasteiger partial charge on any atom is 0.331 e. The molecule has 0 amide bonds. The van der Waals surface area contributed by atoms with E-state index in [0.717, 1.165) is 11.5 Å². The fraction of sp³-hybridized carbons (Fsp3) is 0.500. The maximum atomic E-state index is 13.2. The molecule has 104 valence electrons. The molecule has 0 bridgehead atoms. The standard InChI is InChI=1S/C14H18FNO2S/c1-2-18-13(17)14(6-8-19-9-7-14)16-12-5-3-4-11(15)10-12/h3-5,10,16H,2,6-9H2,1H3. The van der Waals surface area contributed by atoms with Gasteiger partial charge in [-0.05, 0) is 49.5 Å². The molecule has 0 aromatic heterocycles. The lowest BCUT2D eigenvalue weighted by Gasteiger charge is -2.36. The molecule has 0 saturated carbocycles. The number of esters is 1. The van der Waals surface area contributed by atoms with Crippen LogP contribution in [0.1, 0.15) is 19.8 Å². The van der Waals surface area contributed by atoms with Gasteiger partial charge in [-0.3, -0.25) is 0 Å². The van der Waals surface area contributed by atoms with E-state index in [1.807, 2.05) is 11.8 Å². The van der Waals surface area contributed by atoms with E-state index in [-0.39, 0.29) is 11.8 Å². The second kappa shape index (κ2) is 6.28. The van der Waals surface area contributed by atoms with Crippen molar-refractivity contribution in [1.29, 1.82) is 0 Å². The Morgan fingerprint density at radius 3 is 2.84 bits per heavy atom. The number of carbonyl (C=O) groups excluding carboxylic acids is 1. The van der Waals surface area contributed by atoms with Gasteiger partial charge in [-0.25, -0.2) is 9.18 Å². The van der Waals surface area contributed by atoms with Crippen LogP contribution in [0, 0.1) is 5.82 Å². The Bertz CT molecular complexity index is 447. The Labute approximate surface area is 116 Å². The SMILES string of the molecule is CCOC(=O)C1(Nc2cccc(F)c2)CCSCC1. The average Bonchev–Trinajstić information content (AvgIpc) is 2.40. The summed E-state index contributed by atoms with van der Waals surface area (Å²) in [5.41, 5.74) is -0.0883. The predicted octanol–water partition coefficient (Wildman–Crippen LogP) is 3.07.